The summed E-state index contributed by atoms with van der Waals surface area (Å²) in [6.45, 7) is 8.26. The second kappa shape index (κ2) is 12.1. The number of aryl methyl sites for hydroxylation is 1. The first kappa shape index (κ1) is 28.9. The summed E-state index contributed by atoms with van der Waals surface area (Å²) in [5.41, 5.74) is 3.01. The van der Waals surface area contributed by atoms with E-state index < -0.39 is 17.6 Å². The topological polar surface area (TPSA) is 64.3 Å². The Morgan fingerprint density at radius 2 is 1.78 bits per heavy atom. The maximum absolute atomic E-state index is 14.0. The van der Waals surface area contributed by atoms with Crippen molar-refractivity contribution in [3.8, 4) is 0 Å². The molecule has 0 radical (unpaired) electrons. The number of aromatic nitrogens is 2. The molecule has 0 bridgehead atoms. The van der Waals surface area contributed by atoms with Crippen LogP contribution in [0.25, 0.3) is 23.2 Å². The van der Waals surface area contributed by atoms with Crippen molar-refractivity contribution in [2.75, 3.05) is 38.0 Å². The van der Waals surface area contributed by atoms with E-state index >= 15 is 0 Å². The van der Waals surface area contributed by atoms with E-state index in [0.29, 0.717) is 16.2 Å². The summed E-state index contributed by atoms with van der Waals surface area (Å²) in [6, 6.07) is 11.0. The number of piperazine rings is 1. The molecule has 0 saturated carbocycles. The van der Waals surface area contributed by atoms with E-state index in [1.54, 1.807) is 30.6 Å². The Kier molecular flexibility index (Phi) is 8.49. The van der Waals surface area contributed by atoms with Gasteiger partial charge in [-0.2, -0.15) is 13.2 Å². The summed E-state index contributed by atoms with van der Waals surface area (Å²) in [7, 11) is 0. The van der Waals surface area contributed by atoms with E-state index in [9.17, 15) is 18.0 Å². The summed E-state index contributed by atoms with van der Waals surface area (Å²) in [4.78, 5) is 24.8. The van der Waals surface area contributed by atoms with Crippen molar-refractivity contribution >= 4 is 46.4 Å². The maximum atomic E-state index is 14.0. The number of hydrogen-bond acceptors (Lipinski definition) is 4. The molecule has 41 heavy (non-hydrogen) atoms. The highest BCUT2D eigenvalue weighted by molar-refractivity contribution is 6.36. The molecular formula is C31H31ClF3N5O. The fourth-order valence-corrected chi connectivity index (χ4v) is 5.28. The zero-order valence-electron chi connectivity index (χ0n) is 22.9. The van der Waals surface area contributed by atoms with E-state index in [4.69, 9.17) is 11.6 Å². The number of amides is 1. The molecule has 1 fully saturated rings. The number of carbonyl (C=O) groups is 1. The lowest BCUT2D eigenvalue weighted by molar-refractivity contribution is -0.138. The normalized spacial score (nSPS) is 15.2. The molecule has 10 heteroatoms. The number of hydrogen-bond donors (Lipinski definition) is 2. The van der Waals surface area contributed by atoms with Crippen LogP contribution in [-0.4, -0.2) is 58.4 Å². The molecule has 1 amide bonds. The van der Waals surface area contributed by atoms with Crippen molar-refractivity contribution in [3.05, 3.63) is 93.3 Å². The SMILES string of the molecule is CCN1CCN(Cc2ccc(NC(=O)c3ccc(C)c(/C=C/c4cnc5[nH]ccc5c4Cl)c3)cc2C(F)(F)F)CC1. The van der Waals surface area contributed by atoms with E-state index in [2.05, 4.69) is 27.1 Å². The van der Waals surface area contributed by atoms with Crippen molar-refractivity contribution in [1.82, 2.24) is 19.8 Å². The standard InChI is InChI=1S/C31H31ClF3N5O/c1-3-39-12-14-40(15-13-39)19-24-8-9-25(17-27(24)31(33,34)35)38-30(41)22-5-4-20(2)21(16-22)6-7-23-18-37-29-26(28(23)32)10-11-36-29/h4-11,16-18H,3,12-15,19H2,1-2H3,(H,36,37)(H,38,41)/b7-6+. The molecule has 2 aromatic carbocycles. The Morgan fingerprint density at radius 3 is 2.51 bits per heavy atom. The molecule has 214 valence electrons. The van der Waals surface area contributed by atoms with Gasteiger partial charge in [0.15, 0.2) is 0 Å². The fraction of sp³-hybridized carbons (Fsp3) is 0.290. The number of carbonyl (C=O) groups excluding carboxylic acids is 1. The quantitative estimate of drug-likeness (QED) is 0.244. The van der Waals surface area contributed by atoms with Gasteiger partial charge >= 0.3 is 6.18 Å². The van der Waals surface area contributed by atoms with Gasteiger partial charge in [-0.1, -0.05) is 42.8 Å². The minimum atomic E-state index is -4.54. The number of alkyl halides is 3. The van der Waals surface area contributed by atoms with Crippen LogP contribution in [0.2, 0.25) is 5.02 Å². The van der Waals surface area contributed by atoms with Crippen LogP contribution in [0, 0.1) is 6.92 Å². The molecule has 2 aromatic heterocycles. The van der Waals surface area contributed by atoms with Crippen LogP contribution in [0.3, 0.4) is 0 Å². The number of fused-ring (bicyclic) bond motifs is 1. The highest BCUT2D eigenvalue weighted by Gasteiger charge is 2.34. The number of pyridine rings is 1. The number of aromatic amines is 1. The van der Waals surface area contributed by atoms with Gasteiger partial charge in [-0.25, -0.2) is 4.98 Å². The third-order valence-electron chi connectivity index (χ3n) is 7.51. The van der Waals surface area contributed by atoms with Gasteiger partial charge in [0.05, 0.1) is 10.6 Å². The number of H-pyrrole nitrogens is 1. The molecule has 1 aliphatic heterocycles. The zero-order valence-corrected chi connectivity index (χ0v) is 23.6. The molecule has 0 aliphatic carbocycles. The van der Waals surface area contributed by atoms with Crippen LogP contribution in [0.15, 0.2) is 54.9 Å². The molecule has 3 heterocycles. The molecule has 4 aromatic rings. The Morgan fingerprint density at radius 1 is 1.05 bits per heavy atom. The van der Waals surface area contributed by atoms with Crippen LogP contribution >= 0.6 is 11.6 Å². The van der Waals surface area contributed by atoms with E-state index in [0.717, 1.165) is 60.9 Å². The number of halogens is 4. The summed E-state index contributed by atoms with van der Waals surface area (Å²) in [6.07, 6.45) is 2.55. The molecule has 1 aliphatic rings. The second-order valence-electron chi connectivity index (χ2n) is 10.2. The summed E-state index contributed by atoms with van der Waals surface area (Å²) in [5.74, 6) is -0.496. The highest BCUT2D eigenvalue weighted by Crippen LogP contribution is 2.35. The number of benzene rings is 2. The summed E-state index contributed by atoms with van der Waals surface area (Å²) in [5, 5.41) is 4.01. The first-order chi connectivity index (χ1) is 19.6. The third-order valence-corrected chi connectivity index (χ3v) is 7.93. The van der Waals surface area contributed by atoms with Crippen LogP contribution in [-0.2, 0) is 12.7 Å². The Bertz CT molecular complexity index is 1590. The molecule has 0 unspecified atom stereocenters. The summed E-state index contributed by atoms with van der Waals surface area (Å²) < 4.78 is 42.0. The van der Waals surface area contributed by atoms with Gasteiger partial charge in [0.1, 0.15) is 5.65 Å². The minimum Gasteiger partial charge on any atom is -0.346 e. The lowest BCUT2D eigenvalue weighted by Crippen LogP contribution is -2.45. The monoisotopic (exact) mass is 581 g/mol. The van der Waals surface area contributed by atoms with Crippen molar-refractivity contribution in [2.24, 2.45) is 0 Å². The molecule has 6 nitrogen and oxygen atoms in total. The van der Waals surface area contributed by atoms with E-state index in [1.165, 1.54) is 12.1 Å². The van der Waals surface area contributed by atoms with Gasteiger partial charge in [0, 0.05) is 67.3 Å². The van der Waals surface area contributed by atoms with Crippen molar-refractivity contribution in [2.45, 2.75) is 26.6 Å². The molecule has 1 saturated heterocycles. The van der Waals surface area contributed by atoms with Gasteiger partial charge < -0.3 is 15.2 Å². The number of nitrogens with zero attached hydrogens (tertiary/aromatic N) is 3. The second-order valence-corrected chi connectivity index (χ2v) is 10.6. The van der Waals surface area contributed by atoms with Gasteiger partial charge in [0.2, 0.25) is 0 Å². The number of nitrogens with one attached hydrogen (secondary N) is 2. The molecule has 2 N–H and O–H groups in total. The number of likely N-dealkylation sites (N-methyl/N-ethyl adjacent to an activating group) is 1. The van der Waals surface area contributed by atoms with Gasteiger partial charge in [-0.05, 0) is 60.5 Å². The van der Waals surface area contributed by atoms with Gasteiger partial charge in [-0.3, -0.25) is 9.69 Å². The van der Waals surface area contributed by atoms with Crippen molar-refractivity contribution in [1.29, 1.82) is 0 Å². The first-order valence-electron chi connectivity index (χ1n) is 13.5. The summed E-state index contributed by atoms with van der Waals surface area (Å²) >= 11 is 6.52. The number of rotatable bonds is 7. The molecular weight excluding hydrogens is 551 g/mol. The Balaban J connectivity index is 1.32. The van der Waals surface area contributed by atoms with Crippen LogP contribution < -0.4 is 5.32 Å². The minimum absolute atomic E-state index is 0.0946. The number of anilines is 1. The zero-order chi connectivity index (χ0) is 29.1. The average molecular weight is 582 g/mol. The molecule has 0 spiro atoms. The van der Waals surface area contributed by atoms with Crippen molar-refractivity contribution in [3.63, 3.8) is 0 Å². The van der Waals surface area contributed by atoms with E-state index in [1.807, 2.05) is 30.0 Å². The predicted molar refractivity (Wildman–Crippen MR) is 158 cm³/mol. The average Bonchev–Trinajstić information content (AvgIpc) is 3.44. The third kappa shape index (κ3) is 6.64. The van der Waals surface area contributed by atoms with Crippen LogP contribution in [0.5, 0.6) is 0 Å². The van der Waals surface area contributed by atoms with Gasteiger partial charge in [-0.15, -0.1) is 0 Å². The Labute approximate surface area is 241 Å². The van der Waals surface area contributed by atoms with Crippen LogP contribution in [0.4, 0.5) is 18.9 Å². The van der Waals surface area contributed by atoms with Crippen molar-refractivity contribution < 1.29 is 18.0 Å². The predicted octanol–water partition coefficient (Wildman–Crippen LogP) is 7.10. The fourth-order valence-electron chi connectivity index (χ4n) is 5.01. The molecule has 5 rings (SSSR count). The maximum Gasteiger partial charge on any atom is 0.416 e. The largest absolute Gasteiger partial charge is 0.416 e. The lowest BCUT2D eigenvalue weighted by Gasteiger charge is -2.34. The molecule has 0 atom stereocenters. The highest BCUT2D eigenvalue weighted by atomic mass is 35.5. The lowest BCUT2D eigenvalue weighted by atomic mass is 10.0. The Hall–Kier alpha value is -3.66. The first-order valence-corrected chi connectivity index (χ1v) is 13.9. The van der Waals surface area contributed by atoms with E-state index in [-0.39, 0.29) is 17.8 Å². The van der Waals surface area contributed by atoms with Crippen LogP contribution in [0.1, 0.15) is 45.1 Å². The van der Waals surface area contributed by atoms with Gasteiger partial charge in [0.25, 0.3) is 5.91 Å². The smallest absolute Gasteiger partial charge is 0.346 e.